The van der Waals surface area contributed by atoms with E-state index in [0.717, 1.165) is 5.69 Å². The highest BCUT2D eigenvalue weighted by molar-refractivity contribution is 6.35. The van der Waals surface area contributed by atoms with Crippen LogP contribution < -0.4 is 10.6 Å². The van der Waals surface area contributed by atoms with E-state index in [9.17, 15) is 4.79 Å². The number of hydrogen-bond acceptors (Lipinski definition) is 4. The van der Waals surface area contributed by atoms with Crippen LogP contribution in [-0.4, -0.2) is 15.9 Å². The van der Waals surface area contributed by atoms with Crippen molar-refractivity contribution in [2.75, 3.05) is 10.6 Å². The lowest BCUT2D eigenvalue weighted by atomic mass is 10.2. The van der Waals surface area contributed by atoms with Crippen LogP contribution in [0.1, 0.15) is 10.4 Å². The number of benzene rings is 2. The molecule has 3 aromatic rings. The van der Waals surface area contributed by atoms with Crippen LogP contribution >= 0.6 is 34.8 Å². The summed E-state index contributed by atoms with van der Waals surface area (Å²) in [5, 5.41) is 7.15. The predicted molar refractivity (Wildman–Crippen MR) is 101 cm³/mol. The molecule has 1 aromatic heterocycles. The van der Waals surface area contributed by atoms with Crippen molar-refractivity contribution in [3.63, 3.8) is 0 Å². The molecule has 0 unspecified atom stereocenters. The number of nitrogens with zero attached hydrogens (tertiary/aromatic N) is 2. The number of halogens is 3. The summed E-state index contributed by atoms with van der Waals surface area (Å²) in [6.45, 7) is 0. The molecule has 0 aliphatic heterocycles. The Bertz CT molecular complexity index is 896. The van der Waals surface area contributed by atoms with Gasteiger partial charge in [-0.15, -0.1) is 0 Å². The van der Waals surface area contributed by atoms with Crippen LogP contribution in [0.15, 0.2) is 54.9 Å². The van der Waals surface area contributed by atoms with Gasteiger partial charge in [0.1, 0.15) is 0 Å². The highest BCUT2D eigenvalue weighted by Gasteiger charge is 2.09. The van der Waals surface area contributed by atoms with Crippen molar-refractivity contribution < 1.29 is 4.79 Å². The second-order valence-electron chi connectivity index (χ2n) is 5.04. The minimum Gasteiger partial charge on any atom is -0.324 e. The molecule has 1 amide bonds. The molecule has 1 heterocycles. The molecule has 3 rings (SSSR count). The first-order valence-corrected chi connectivity index (χ1v) is 8.25. The van der Waals surface area contributed by atoms with Gasteiger partial charge in [0.15, 0.2) is 0 Å². The summed E-state index contributed by atoms with van der Waals surface area (Å²) in [4.78, 5) is 20.5. The Hall–Kier alpha value is -2.34. The van der Waals surface area contributed by atoms with E-state index in [1.807, 2.05) is 12.1 Å². The SMILES string of the molecule is O=C(Nc1cc(Cl)cc(Cl)c1)c1cnc(Nc2cccc(Cl)c2)nc1. The summed E-state index contributed by atoms with van der Waals surface area (Å²) in [7, 11) is 0. The van der Waals surface area contributed by atoms with E-state index in [1.165, 1.54) is 12.4 Å². The van der Waals surface area contributed by atoms with Crippen molar-refractivity contribution in [2.24, 2.45) is 0 Å². The average Bonchev–Trinajstić information content (AvgIpc) is 2.54. The fourth-order valence-electron chi connectivity index (χ4n) is 2.03. The molecule has 0 saturated carbocycles. The highest BCUT2D eigenvalue weighted by Crippen LogP contribution is 2.23. The Balaban J connectivity index is 1.70. The van der Waals surface area contributed by atoms with Gasteiger partial charge in [-0.3, -0.25) is 4.79 Å². The van der Waals surface area contributed by atoms with Crippen molar-refractivity contribution in [3.05, 3.63) is 75.5 Å². The minimum absolute atomic E-state index is 0.299. The molecule has 0 fully saturated rings. The van der Waals surface area contributed by atoms with Gasteiger partial charge in [0.2, 0.25) is 5.95 Å². The van der Waals surface area contributed by atoms with E-state index in [-0.39, 0.29) is 5.91 Å². The third-order valence-corrected chi connectivity index (χ3v) is 3.79. The Kier molecular flexibility index (Phi) is 5.38. The summed E-state index contributed by atoms with van der Waals surface area (Å²) in [5.41, 5.74) is 1.54. The van der Waals surface area contributed by atoms with E-state index >= 15 is 0 Å². The first-order valence-electron chi connectivity index (χ1n) is 7.12. The average molecular weight is 394 g/mol. The van der Waals surface area contributed by atoms with Crippen LogP contribution in [0, 0.1) is 0 Å². The molecule has 0 aliphatic carbocycles. The number of amides is 1. The molecule has 0 atom stereocenters. The summed E-state index contributed by atoms with van der Waals surface area (Å²) in [6.07, 6.45) is 2.84. The van der Waals surface area contributed by atoms with Crippen molar-refractivity contribution in [1.82, 2.24) is 9.97 Å². The molecule has 2 N–H and O–H groups in total. The smallest absolute Gasteiger partial charge is 0.258 e. The van der Waals surface area contributed by atoms with Crippen LogP contribution in [0.4, 0.5) is 17.3 Å². The van der Waals surface area contributed by atoms with Gasteiger partial charge >= 0.3 is 0 Å². The van der Waals surface area contributed by atoms with Crippen LogP contribution in [0.25, 0.3) is 0 Å². The lowest BCUT2D eigenvalue weighted by molar-refractivity contribution is 0.102. The summed E-state index contributed by atoms with van der Waals surface area (Å²) in [5.74, 6) is -0.0164. The molecule has 0 saturated heterocycles. The maximum atomic E-state index is 12.2. The Labute approximate surface area is 159 Å². The van der Waals surface area contributed by atoms with Crippen LogP contribution in [-0.2, 0) is 0 Å². The largest absolute Gasteiger partial charge is 0.324 e. The Morgan fingerprint density at radius 1 is 0.840 bits per heavy atom. The van der Waals surface area contributed by atoms with Crippen molar-refractivity contribution in [2.45, 2.75) is 0 Å². The first-order chi connectivity index (χ1) is 12.0. The number of carbonyl (C=O) groups excluding carboxylic acids is 1. The number of carbonyl (C=O) groups is 1. The van der Waals surface area contributed by atoms with Gasteiger partial charge < -0.3 is 10.6 Å². The van der Waals surface area contributed by atoms with Gasteiger partial charge in [-0.2, -0.15) is 0 Å². The maximum Gasteiger partial charge on any atom is 0.258 e. The Morgan fingerprint density at radius 2 is 1.48 bits per heavy atom. The van der Waals surface area contributed by atoms with E-state index in [2.05, 4.69) is 20.6 Å². The maximum absolute atomic E-state index is 12.2. The number of nitrogens with one attached hydrogen (secondary N) is 2. The molecule has 25 heavy (non-hydrogen) atoms. The fraction of sp³-hybridized carbons (Fsp3) is 0. The molecule has 0 spiro atoms. The topological polar surface area (TPSA) is 66.9 Å². The second kappa shape index (κ2) is 7.70. The minimum atomic E-state index is -0.368. The molecular weight excluding hydrogens is 383 g/mol. The van der Waals surface area contributed by atoms with Gasteiger partial charge in [0.05, 0.1) is 5.56 Å². The summed E-state index contributed by atoms with van der Waals surface area (Å²) in [6, 6.07) is 11.9. The summed E-state index contributed by atoms with van der Waals surface area (Å²) < 4.78 is 0. The molecule has 0 bridgehead atoms. The quantitative estimate of drug-likeness (QED) is 0.620. The molecule has 8 heteroatoms. The van der Waals surface area contributed by atoms with E-state index in [0.29, 0.717) is 32.3 Å². The fourth-order valence-corrected chi connectivity index (χ4v) is 2.75. The van der Waals surface area contributed by atoms with Crippen molar-refractivity contribution in [1.29, 1.82) is 0 Å². The molecular formula is C17H11Cl3N4O. The molecule has 126 valence electrons. The van der Waals surface area contributed by atoms with Crippen LogP contribution in [0.5, 0.6) is 0 Å². The third-order valence-electron chi connectivity index (χ3n) is 3.12. The van der Waals surface area contributed by atoms with Gasteiger partial charge in [-0.05, 0) is 36.4 Å². The number of aromatic nitrogens is 2. The lowest BCUT2D eigenvalue weighted by Crippen LogP contribution is -2.13. The zero-order valence-corrected chi connectivity index (χ0v) is 14.9. The number of hydrogen-bond donors (Lipinski definition) is 2. The van der Waals surface area contributed by atoms with Crippen LogP contribution in [0.2, 0.25) is 15.1 Å². The van der Waals surface area contributed by atoms with Crippen molar-refractivity contribution in [3.8, 4) is 0 Å². The Morgan fingerprint density at radius 3 is 2.12 bits per heavy atom. The number of rotatable bonds is 4. The molecule has 0 aliphatic rings. The van der Waals surface area contributed by atoms with Gasteiger partial charge in [0.25, 0.3) is 5.91 Å². The highest BCUT2D eigenvalue weighted by atomic mass is 35.5. The standard InChI is InChI=1S/C17H11Cl3N4O/c18-11-2-1-3-14(5-11)24-17-21-8-10(9-22-17)16(25)23-15-6-12(19)4-13(20)7-15/h1-9H,(H,23,25)(H,21,22,24). The van der Waals surface area contributed by atoms with Gasteiger partial charge in [-0.1, -0.05) is 40.9 Å². The monoisotopic (exact) mass is 392 g/mol. The van der Waals surface area contributed by atoms with E-state index in [4.69, 9.17) is 34.8 Å². The normalized spacial score (nSPS) is 10.4. The molecule has 0 radical (unpaired) electrons. The summed E-state index contributed by atoms with van der Waals surface area (Å²) >= 11 is 17.7. The van der Waals surface area contributed by atoms with Gasteiger partial charge in [0, 0.05) is 38.8 Å². The zero-order valence-electron chi connectivity index (χ0n) is 12.6. The van der Waals surface area contributed by atoms with E-state index < -0.39 is 0 Å². The van der Waals surface area contributed by atoms with E-state index in [1.54, 1.807) is 30.3 Å². The lowest BCUT2D eigenvalue weighted by Gasteiger charge is -2.07. The molecule has 2 aromatic carbocycles. The third kappa shape index (κ3) is 4.82. The molecule has 5 nitrogen and oxygen atoms in total. The first kappa shape index (κ1) is 17.5. The van der Waals surface area contributed by atoms with Crippen LogP contribution in [0.3, 0.4) is 0 Å². The van der Waals surface area contributed by atoms with Crippen molar-refractivity contribution >= 4 is 58.0 Å². The number of anilines is 3. The zero-order chi connectivity index (χ0) is 17.8. The predicted octanol–water partition coefficient (Wildman–Crippen LogP) is 5.43. The second-order valence-corrected chi connectivity index (χ2v) is 6.35. The van der Waals surface area contributed by atoms with Gasteiger partial charge in [-0.25, -0.2) is 9.97 Å².